The van der Waals surface area contributed by atoms with E-state index in [1.165, 1.54) is 25.0 Å². The molecule has 0 amide bonds. The second-order valence-corrected chi connectivity index (χ2v) is 5.57. The van der Waals surface area contributed by atoms with Crippen LogP contribution in [0.4, 0.5) is 0 Å². The summed E-state index contributed by atoms with van der Waals surface area (Å²) in [5.74, 6) is 1.63. The lowest BCUT2D eigenvalue weighted by atomic mass is 9.82. The van der Waals surface area contributed by atoms with E-state index in [0.717, 1.165) is 12.2 Å². The molecule has 0 aromatic carbocycles. The Bertz CT molecular complexity index is 356. The number of aromatic nitrogens is 2. The lowest BCUT2D eigenvalue weighted by Gasteiger charge is -2.26. The van der Waals surface area contributed by atoms with Crippen molar-refractivity contribution in [1.82, 2.24) is 9.97 Å². The lowest BCUT2D eigenvalue weighted by molar-refractivity contribution is 0.363. The Kier molecular flexibility index (Phi) is 3.24. The van der Waals surface area contributed by atoms with Crippen LogP contribution >= 0.6 is 0 Å². The molecule has 1 saturated carbocycles. The standard InChI is InChI=1S/C13H21N3/c1-13(2,9-14)8-12-15-7-6-11(16-12)10-4-3-5-10/h6-7,10H,3-5,8-9,14H2,1-2H3. The fraction of sp³-hybridized carbons (Fsp3) is 0.692. The highest BCUT2D eigenvalue weighted by Gasteiger charge is 2.22. The zero-order valence-corrected chi connectivity index (χ0v) is 10.2. The van der Waals surface area contributed by atoms with Crippen molar-refractivity contribution in [1.29, 1.82) is 0 Å². The molecule has 1 aliphatic rings. The van der Waals surface area contributed by atoms with Gasteiger partial charge in [-0.1, -0.05) is 20.3 Å². The molecule has 88 valence electrons. The molecule has 1 aromatic heterocycles. The Balaban J connectivity index is 2.09. The molecule has 16 heavy (non-hydrogen) atoms. The summed E-state index contributed by atoms with van der Waals surface area (Å²) in [4.78, 5) is 9.01. The predicted octanol–water partition coefficient (Wildman–Crippen LogP) is 2.27. The highest BCUT2D eigenvalue weighted by Crippen LogP contribution is 2.35. The largest absolute Gasteiger partial charge is 0.330 e. The Labute approximate surface area is 97.5 Å². The van der Waals surface area contributed by atoms with Gasteiger partial charge in [-0.05, 0) is 30.9 Å². The first-order valence-corrected chi connectivity index (χ1v) is 6.13. The zero-order chi connectivity index (χ0) is 11.6. The molecule has 0 saturated heterocycles. The van der Waals surface area contributed by atoms with Crippen LogP contribution in [0.5, 0.6) is 0 Å². The maximum atomic E-state index is 5.73. The lowest BCUT2D eigenvalue weighted by Crippen LogP contribution is -2.27. The van der Waals surface area contributed by atoms with Crippen LogP contribution in [0, 0.1) is 5.41 Å². The van der Waals surface area contributed by atoms with Crippen LogP contribution in [0.2, 0.25) is 0 Å². The van der Waals surface area contributed by atoms with Gasteiger partial charge < -0.3 is 5.73 Å². The van der Waals surface area contributed by atoms with Crippen LogP contribution in [0.15, 0.2) is 12.3 Å². The van der Waals surface area contributed by atoms with Gasteiger partial charge in [-0.15, -0.1) is 0 Å². The minimum Gasteiger partial charge on any atom is -0.330 e. The summed E-state index contributed by atoms with van der Waals surface area (Å²) in [6.07, 6.45) is 6.68. The molecule has 1 heterocycles. The fourth-order valence-corrected chi connectivity index (χ4v) is 1.93. The molecule has 1 aromatic rings. The first kappa shape index (κ1) is 11.5. The summed E-state index contributed by atoms with van der Waals surface area (Å²) in [6.45, 7) is 4.99. The van der Waals surface area contributed by atoms with E-state index in [1.807, 2.05) is 6.20 Å². The van der Waals surface area contributed by atoms with Gasteiger partial charge in [-0.3, -0.25) is 0 Å². The van der Waals surface area contributed by atoms with E-state index in [-0.39, 0.29) is 5.41 Å². The van der Waals surface area contributed by atoms with Crippen LogP contribution in [0.25, 0.3) is 0 Å². The molecule has 0 spiro atoms. The van der Waals surface area contributed by atoms with Gasteiger partial charge in [0.15, 0.2) is 0 Å². The van der Waals surface area contributed by atoms with Crippen molar-refractivity contribution >= 4 is 0 Å². The monoisotopic (exact) mass is 219 g/mol. The van der Waals surface area contributed by atoms with Crippen LogP contribution in [0.1, 0.15) is 50.5 Å². The third kappa shape index (κ3) is 2.59. The van der Waals surface area contributed by atoms with Crippen molar-refractivity contribution < 1.29 is 0 Å². The summed E-state index contributed by atoms with van der Waals surface area (Å²) in [5, 5.41) is 0. The van der Waals surface area contributed by atoms with Crippen LogP contribution in [0.3, 0.4) is 0 Å². The molecule has 3 heteroatoms. The molecule has 2 N–H and O–H groups in total. The van der Waals surface area contributed by atoms with Crippen molar-refractivity contribution in [3.8, 4) is 0 Å². The summed E-state index contributed by atoms with van der Waals surface area (Å²) in [5.41, 5.74) is 7.06. The fourth-order valence-electron chi connectivity index (χ4n) is 1.93. The number of nitrogens with zero attached hydrogens (tertiary/aromatic N) is 2. The van der Waals surface area contributed by atoms with Crippen molar-refractivity contribution in [3.05, 3.63) is 23.8 Å². The average Bonchev–Trinajstić information content (AvgIpc) is 2.15. The van der Waals surface area contributed by atoms with Gasteiger partial charge in [0.25, 0.3) is 0 Å². The van der Waals surface area contributed by atoms with Gasteiger partial charge in [-0.2, -0.15) is 0 Å². The SMILES string of the molecule is CC(C)(CN)Cc1nccc(C2CCC2)n1. The van der Waals surface area contributed by atoms with Crippen LogP contribution in [-0.4, -0.2) is 16.5 Å². The molecule has 0 radical (unpaired) electrons. The minimum atomic E-state index is 0.0955. The van der Waals surface area contributed by atoms with Gasteiger partial charge in [0.1, 0.15) is 5.82 Å². The number of hydrogen-bond acceptors (Lipinski definition) is 3. The van der Waals surface area contributed by atoms with Crippen molar-refractivity contribution in [2.24, 2.45) is 11.1 Å². The Morgan fingerprint density at radius 2 is 2.19 bits per heavy atom. The molecule has 2 rings (SSSR count). The van der Waals surface area contributed by atoms with Crippen LogP contribution in [-0.2, 0) is 6.42 Å². The topological polar surface area (TPSA) is 51.8 Å². The third-order valence-electron chi connectivity index (χ3n) is 3.44. The molecule has 1 fully saturated rings. The van der Waals surface area contributed by atoms with E-state index in [1.54, 1.807) is 0 Å². The number of hydrogen-bond donors (Lipinski definition) is 1. The van der Waals surface area contributed by atoms with E-state index in [0.29, 0.717) is 12.5 Å². The zero-order valence-electron chi connectivity index (χ0n) is 10.2. The second kappa shape index (κ2) is 4.50. The summed E-state index contributed by atoms with van der Waals surface area (Å²) in [7, 11) is 0. The van der Waals surface area contributed by atoms with E-state index < -0.39 is 0 Å². The van der Waals surface area contributed by atoms with Gasteiger partial charge in [0.05, 0.1) is 0 Å². The third-order valence-corrected chi connectivity index (χ3v) is 3.44. The molecule has 0 unspecified atom stereocenters. The van der Waals surface area contributed by atoms with Crippen molar-refractivity contribution in [2.75, 3.05) is 6.54 Å². The highest BCUT2D eigenvalue weighted by molar-refractivity contribution is 5.11. The first-order valence-electron chi connectivity index (χ1n) is 6.13. The van der Waals surface area contributed by atoms with Gasteiger partial charge in [0, 0.05) is 24.2 Å². The Morgan fingerprint density at radius 3 is 2.75 bits per heavy atom. The van der Waals surface area contributed by atoms with E-state index in [9.17, 15) is 0 Å². The maximum absolute atomic E-state index is 5.73. The Hall–Kier alpha value is -0.960. The number of nitrogens with two attached hydrogens (primary N) is 1. The highest BCUT2D eigenvalue weighted by atomic mass is 14.9. The van der Waals surface area contributed by atoms with Gasteiger partial charge >= 0.3 is 0 Å². The van der Waals surface area contributed by atoms with Gasteiger partial charge in [-0.25, -0.2) is 9.97 Å². The minimum absolute atomic E-state index is 0.0955. The van der Waals surface area contributed by atoms with Crippen molar-refractivity contribution in [2.45, 2.75) is 45.4 Å². The Morgan fingerprint density at radius 1 is 1.44 bits per heavy atom. The average molecular weight is 219 g/mol. The van der Waals surface area contributed by atoms with E-state index in [2.05, 4.69) is 29.9 Å². The smallest absolute Gasteiger partial charge is 0.129 e. The molecule has 1 aliphatic carbocycles. The van der Waals surface area contributed by atoms with Gasteiger partial charge in [0.2, 0.25) is 0 Å². The summed E-state index contributed by atoms with van der Waals surface area (Å²) in [6, 6.07) is 2.06. The quantitative estimate of drug-likeness (QED) is 0.845. The first-order chi connectivity index (χ1) is 7.61. The molecule has 3 nitrogen and oxygen atoms in total. The predicted molar refractivity (Wildman–Crippen MR) is 65.2 cm³/mol. The molecule has 0 bridgehead atoms. The van der Waals surface area contributed by atoms with Crippen molar-refractivity contribution in [3.63, 3.8) is 0 Å². The second-order valence-electron chi connectivity index (χ2n) is 5.57. The maximum Gasteiger partial charge on any atom is 0.129 e. The normalized spacial score (nSPS) is 17.2. The van der Waals surface area contributed by atoms with E-state index >= 15 is 0 Å². The molecule has 0 atom stereocenters. The molecular formula is C13H21N3. The van der Waals surface area contributed by atoms with E-state index in [4.69, 9.17) is 5.73 Å². The number of rotatable bonds is 4. The molecular weight excluding hydrogens is 198 g/mol. The summed E-state index contributed by atoms with van der Waals surface area (Å²) >= 11 is 0. The summed E-state index contributed by atoms with van der Waals surface area (Å²) < 4.78 is 0. The molecule has 0 aliphatic heterocycles. The van der Waals surface area contributed by atoms with Crippen LogP contribution < -0.4 is 5.73 Å².